The number of rotatable bonds is 2. The number of methoxy groups -OCH3 is 1. The van der Waals surface area contributed by atoms with Crippen LogP contribution in [0.1, 0.15) is 21.5 Å². The summed E-state index contributed by atoms with van der Waals surface area (Å²) in [5.41, 5.74) is 0.438. The van der Waals surface area contributed by atoms with E-state index in [2.05, 4.69) is 0 Å². The number of hydrogen-bond donors (Lipinski definition) is 2. The van der Waals surface area contributed by atoms with Crippen molar-refractivity contribution in [3.63, 3.8) is 0 Å². The molecule has 0 saturated heterocycles. The largest absolute Gasteiger partial charge is 0.507 e. The van der Waals surface area contributed by atoms with Crippen LogP contribution in [-0.2, 0) is 0 Å². The fraction of sp³-hybridized carbons (Fsp3) is 0.300. The Morgan fingerprint density at radius 1 is 1.33 bits per heavy atom. The van der Waals surface area contributed by atoms with E-state index in [1.54, 1.807) is 6.92 Å². The van der Waals surface area contributed by atoms with Crippen molar-refractivity contribution in [3.8, 4) is 11.5 Å². The standard InChI is InChI=1S/C10H11ClO4/c1-4-6(10(13)14)8(12)5(2)9(15-3)7(4)11/h12H,1-3H3,(H,13,14). The second-order valence-electron chi connectivity index (χ2n) is 3.13. The van der Waals surface area contributed by atoms with Crippen molar-refractivity contribution in [1.29, 1.82) is 0 Å². The molecule has 1 aromatic carbocycles. The third-order valence-corrected chi connectivity index (χ3v) is 2.71. The first-order valence-corrected chi connectivity index (χ1v) is 4.58. The maximum atomic E-state index is 10.9. The second-order valence-corrected chi connectivity index (χ2v) is 3.50. The van der Waals surface area contributed by atoms with Gasteiger partial charge in [0.2, 0.25) is 0 Å². The third kappa shape index (κ3) is 1.72. The molecule has 2 N–H and O–H groups in total. The molecule has 0 radical (unpaired) electrons. The number of aromatic hydroxyl groups is 1. The molecule has 0 unspecified atom stereocenters. The first-order valence-electron chi connectivity index (χ1n) is 4.20. The normalized spacial score (nSPS) is 10.1. The molecular formula is C10H11ClO4. The van der Waals surface area contributed by atoms with Crippen molar-refractivity contribution in [2.45, 2.75) is 13.8 Å². The molecule has 1 aromatic rings. The molecule has 0 spiro atoms. The molecule has 0 aliphatic rings. The fourth-order valence-electron chi connectivity index (χ4n) is 1.42. The summed E-state index contributed by atoms with van der Waals surface area (Å²) in [5.74, 6) is -1.21. The molecule has 0 heterocycles. The summed E-state index contributed by atoms with van der Waals surface area (Å²) >= 11 is 5.92. The number of carboxylic acid groups (broad SMARTS) is 1. The summed E-state index contributed by atoms with van der Waals surface area (Å²) in [6, 6.07) is 0. The Kier molecular flexibility index (Phi) is 3.09. The Morgan fingerprint density at radius 3 is 2.27 bits per heavy atom. The van der Waals surface area contributed by atoms with Crippen molar-refractivity contribution in [1.82, 2.24) is 0 Å². The van der Waals surface area contributed by atoms with Gasteiger partial charge in [-0.25, -0.2) is 4.79 Å². The van der Waals surface area contributed by atoms with E-state index in [1.807, 2.05) is 0 Å². The molecule has 0 aliphatic carbocycles. The molecular weight excluding hydrogens is 220 g/mol. The maximum absolute atomic E-state index is 10.9. The zero-order chi connectivity index (χ0) is 11.7. The minimum Gasteiger partial charge on any atom is -0.507 e. The minimum atomic E-state index is -1.21. The van der Waals surface area contributed by atoms with Crippen molar-refractivity contribution in [2.75, 3.05) is 7.11 Å². The highest BCUT2D eigenvalue weighted by Gasteiger charge is 2.22. The molecule has 4 nitrogen and oxygen atoms in total. The zero-order valence-electron chi connectivity index (χ0n) is 8.59. The quantitative estimate of drug-likeness (QED) is 0.819. The van der Waals surface area contributed by atoms with E-state index in [4.69, 9.17) is 21.4 Å². The Bertz CT molecular complexity index is 397. The molecule has 15 heavy (non-hydrogen) atoms. The lowest BCUT2D eigenvalue weighted by atomic mass is 10.0. The molecule has 0 fully saturated rings. The Labute approximate surface area is 92.1 Å². The molecule has 82 valence electrons. The number of halogens is 1. The Hall–Kier alpha value is -1.42. The van der Waals surface area contributed by atoms with E-state index in [1.165, 1.54) is 14.0 Å². The van der Waals surface area contributed by atoms with Gasteiger partial charge in [0.1, 0.15) is 17.1 Å². The van der Waals surface area contributed by atoms with Crippen LogP contribution in [0.2, 0.25) is 5.02 Å². The van der Waals surface area contributed by atoms with Crippen LogP contribution < -0.4 is 4.74 Å². The van der Waals surface area contributed by atoms with Gasteiger partial charge < -0.3 is 14.9 Å². The van der Waals surface area contributed by atoms with Gasteiger partial charge in [0, 0.05) is 5.56 Å². The van der Waals surface area contributed by atoms with Crippen molar-refractivity contribution in [2.24, 2.45) is 0 Å². The number of ether oxygens (including phenoxy) is 1. The van der Waals surface area contributed by atoms with Gasteiger partial charge in [0.25, 0.3) is 0 Å². The average Bonchev–Trinajstić information content (AvgIpc) is 2.16. The van der Waals surface area contributed by atoms with E-state index < -0.39 is 5.97 Å². The topological polar surface area (TPSA) is 66.8 Å². The molecule has 0 saturated carbocycles. The second kappa shape index (κ2) is 3.98. The van der Waals surface area contributed by atoms with Crippen LogP contribution in [0.5, 0.6) is 11.5 Å². The highest BCUT2D eigenvalue weighted by Crippen LogP contribution is 2.40. The van der Waals surface area contributed by atoms with Crippen molar-refractivity contribution < 1.29 is 19.7 Å². The number of carbonyl (C=O) groups is 1. The van der Waals surface area contributed by atoms with Crippen LogP contribution >= 0.6 is 11.6 Å². The van der Waals surface area contributed by atoms with Gasteiger partial charge in [-0.05, 0) is 19.4 Å². The van der Waals surface area contributed by atoms with Gasteiger partial charge in [0.15, 0.2) is 0 Å². The molecule has 0 amide bonds. The average molecular weight is 231 g/mol. The van der Waals surface area contributed by atoms with Gasteiger partial charge in [-0.2, -0.15) is 0 Å². The Balaban J connectivity index is 3.66. The predicted molar refractivity (Wildman–Crippen MR) is 56.1 cm³/mol. The van der Waals surface area contributed by atoms with E-state index in [0.29, 0.717) is 16.9 Å². The van der Waals surface area contributed by atoms with Crippen LogP contribution in [0.3, 0.4) is 0 Å². The SMILES string of the molecule is COc1c(C)c(O)c(C(=O)O)c(C)c1Cl. The number of phenols is 1. The van der Waals surface area contributed by atoms with Crippen LogP contribution in [0.4, 0.5) is 0 Å². The number of benzene rings is 1. The van der Waals surface area contributed by atoms with Crippen molar-refractivity contribution >= 4 is 17.6 Å². The van der Waals surface area contributed by atoms with Gasteiger partial charge in [-0.3, -0.25) is 0 Å². The van der Waals surface area contributed by atoms with E-state index in [-0.39, 0.29) is 16.3 Å². The number of aromatic carboxylic acids is 1. The van der Waals surface area contributed by atoms with Gasteiger partial charge in [-0.15, -0.1) is 0 Å². The van der Waals surface area contributed by atoms with E-state index in [9.17, 15) is 9.90 Å². The number of carboxylic acids is 1. The van der Waals surface area contributed by atoms with Gasteiger partial charge in [0.05, 0.1) is 12.1 Å². The summed E-state index contributed by atoms with van der Waals surface area (Å²) < 4.78 is 4.99. The first-order chi connectivity index (χ1) is 6.91. The van der Waals surface area contributed by atoms with Gasteiger partial charge in [-0.1, -0.05) is 11.6 Å². The monoisotopic (exact) mass is 230 g/mol. The van der Waals surface area contributed by atoms with Crippen LogP contribution in [0.25, 0.3) is 0 Å². The summed E-state index contributed by atoms with van der Waals surface area (Å²) in [4.78, 5) is 10.9. The van der Waals surface area contributed by atoms with Crippen molar-refractivity contribution in [3.05, 3.63) is 21.7 Å². The molecule has 5 heteroatoms. The summed E-state index contributed by atoms with van der Waals surface area (Å²) in [5, 5.41) is 18.8. The molecule has 0 atom stereocenters. The first kappa shape index (κ1) is 11.7. The Morgan fingerprint density at radius 2 is 1.87 bits per heavy atom. The lowest BCUT2D eigenvalue weighted by Crippen LogP contribution is -2.04. The molecule has 0 aliphatic heterocycles. The van der Waals surface area contributed by atoms with Crippen LogP contribution in [0, 0.1) is 13.8 Å². The summed E-state index contributed by atoms with van der Waals surface area (Å²) in [6.45, 7) is 3.07. The fourth-order valence-corrected chi connectivity index (χ4v) is 1.74. The number of hydrogen-bond acceptors (Lipinski definition) is 3. The molecule has 0 aromatic heterocycles. The maximum Gasteiger partial charge on any atom is 0.339 e. The smallest absolute Gasteiger partial charge is 0.339 e. The van der Waals surface area contributed by atoms with E-state index >= 15 is 0 Å². The van der Waals surface area contributed by atoms with Crippen LogP contribution in [-0.4, -0.2) is 23.3 Å². The third-order valence-electron chi connectivity index (χ3n) is 2.25. The molecule has 0 bridgehead atoms. The van der Waals surface area contributed by atoms with Crippen LogP contribution in [0.15, 0.2) is 0 Å². The highest BCUT2D eigenvalue weighted by atomic mass is 35.5. The minimum absolute atomic E-state index is 0.182. The van der Waals surface area contributed by atoms with Gasteiger partial charge >= 0.3 is 5.97 Å². The predicted octanol–water partition coefficient (Wildman–Crippen LogP) is 2.37. The van der Waals surface area contributed by atoms with E-state index in [0.717, 1.165) is 0 Å². The summed E-state index contributed by atoms with van der Waals surface area (Å²) in [6.07, 6.45) is 0. The lowest BCUT2D eigenvalue weighted by Gasteiger charge is -2.14. The highest BCUT2D eigenvalue weighted by molar-refractivity contribution is 6.33. The molecule has 1 rings (SSSR count). The summed E-state index contributed by atoms with van der Waals surface area (Å²) in [7, 11) is 1.41. The zero-order valence-corrected chi connectivity index (χ0v) is 9.34. The lowest BCUT2D eigenvalue weighted by molar-refractivity contribution is 0.0692.